The van der Waals surface area contributed by atoms with Gasteiger partial charge in [-0.3, -0.25) is 0 Å². The second-order valence-corrected chi connectivity index (χ2v) is 7.60. The van der Waals surface area contributed by atoms with Gasteiger partial charge < -0.3 is 5.32 Å². The molecule has 1 aromatic carbocycles. The number of hydrogen-bond acceptors (Lipinski definition) is 3. The summed E-state index contributed by atoms with van der Waals surface area (Å²) in [6.45, 7) is 6.86. The molecule has 0 amide bonds. The predicted molar refractivity (Wildman–Crippen MR) is 80.0 cm³/mol. The highest BCUT2D eigenvalue weighted by molar-refractivity contribution is 7.88. The molecule has 0 aliphatic rings. The Balaban J connectivity index is 2.51. The minimum Gasteiger partial charge on any atom is -0.311 e. The second-order valence-electron chi connectivity index (χ2n) is 5.45. The van der Waals surface area contributed by atoms with E-state index in [1.807, 2.05) is 39.0 Å². The Bertz CT molecular complexity index is 542. The van der Waals surface area contributed by atoms with Crippen LogP contribution in [0.5, 0.6) is 0 Å². The monoisotopic (exact) mass is 304 g/mol. The first-order chi connectivity index (χ1) is 8.59. The van der Waals surface area contributed by atoms with Crippen molar-refractivity contribution in [3.8, 4) is 0 Å². The maximum Gasteiger partial charge on any atom is 0.209 e. The Labute approximate surface area is 120 Å². The standard InChI is InChI=1S/C13H21ClN2O2S/c1-10-7-11(5-6-12(10)14)8-15-9-13(2,3)16-19(4,17)18/h5-7,15-16H,8-9H2,1-4H3. The topological polar surface area (TPSA) is 58.2 Å². The Morgan fingerprint density at radius 1 is 1.32 bits per heavy atom. The van der Waals surface area contributed by atoms with Gasteiger partial charge in [0.05, 0.1) is 6.26 Å². The summed E-state index contributed by atoms with van der Waals surface area (Å²) in [6.07, 6.45) is 1.16. The minimum absolute atomic E-state index is 0.519. The smallest absolute Gasteiger partial charge is 0.209 e. The summed E-state index contributed by atoms with van der Waals surface area (Å²) >= 11 is 5.96. The average molecular weight is 305 g/mol. The fourth-order valence-electron chi connectivity index (χ4n) is 1.87. The van der Waals surface area contributed by atoms with E-state index in [4.69, 9.17) is 11.6 Å². The van der Waals surface area contributed by atoms with Crippen molar-refractivity contribution in [1.29, 1.82) is 0 Å². The number of hydrogen-bond donors (Lipinski definition) is 2. The van der Waals surface area contributed by atoms with Crippen molar-refractivity contribution in [3.05, 3.63) is 34.3 Å². The minimum atomic E-state index is -3.20. The molecule has 0 unspecified atom stereocenters. The molecule has 0 fully saturated rings. The summed E-state index contributed by atoms with van der Waals surface area (Å²) in [4.78, 5) is 0. The molecule has 0 heterocycles. The highest BCUT2D eigenvalue weighted by Crippen LogP contribution is 2.16. The Hall–Kier alpha value is -0.620. The van der Waals surface area contributed by atoms with Crippen LogP contribution in [0.4, 0.5) is 0 Å². The summed E-state index contributed by atoms with van der Waals surface area (Å²) in [7, 11) is -3.20. The van der Waals surface area contributed by atoms with E-state index in [1.54, 1.807) is 0 Å². The molecule has 0 bridgehead atoms. The van der Waals surface area contributed by atoms with Gasteiger partial charge in [-0.15, -0.1) is 0 Å². The van der Waals surface area contributed by atoms with Crippen molar-refractivity contribution >= 4 is 21.6 Å². The van der Waals surface area contributed by atoms with Gasteiger partial charge in [-0.2, -0.15) is 0 Å². The van der Waals surface area contributed by atoms with Gasteiger partial charge in [-0.05, 0) is 38.0 Å². The van der Waals surface area contributed by atoms with Crippen LogP contribution >= 0.6 is 11.6 Å². The molecule has 6 heteroatoms. The van der Waals surface area contributed by atoms with E-state index in [0.29, 0.717) is 13.1 Å². The summed E-state index contributed by atoms with van der Waals surface area (Å²) in [5, 5.41) is 3.99. The highest BCUT2D eigenvalue weighted by atomic mass is 35.5. The Morgan fingerprint density at radius 3 is 2.47 bits per heavy atom. The van der Waals surface area contributed by atoms with E-state index in [0.717, 1.165) is 22.4 Å². The fourth-order valence-corrected chi connectivity index (χ4v) is 3.07. The maximum atomic E-state index is 11.2. The summed E-state index contributed by atoms with van der Waals surface area (Å²) in [5.41, 5.74) is 1.64. The lowest BCUT2D eigenvalue weighted by atomic mass is 10.1. The first kappa shape index (κ1) is 16.4. The van der Waals surface area contributed by atoms with Crippen LogP contribution in [-0.4, -0.2) is 26.8 Å². The van der Waals surface area contributed by atoms with Gasteiger partial charge in [-0.1, -0.05) is 23.7 Å². The molecule has 0 saturated heterocycles. The molecular formula is C13H21ClN2O2S. The molecule has 0 aromatic heterocycles. The number of nitrogens with one attached hydrogen (secondary N) is 2. The fraction of sp³-hybridized carbons (Fsp3) is 0.538. The third-order valence-corrected chi connectivity index (χ3v) is 3.93. The molecule has 0 atom stereocenters. The second kappa shape index (κ2) is 6.22. The third-order valence-electron chi connectivity index (χ3n) is 2.58. The van der Waals surface area contributed by atoms with Crippen LogP contribution in [0.1, 0.15) is 25.0 Å². The molecule has 4 nitrogen and oxygen atoms in total. The lowest BCUT2D eigenvalue weighted by molar-refractivity contribution is 0.421. The van der Waals surface area contributed by atoms with Crippen LogP contribution < -0.4 is 10.0 Å². The van der Waals surface area contributed by atoms with Crippen LogP contribution in [0.3, 0.4) is 0 Å². The Kier molecular flexibility index (Phi) is 5.38. The zero-order chi connectivity index (χ0) is 14.7. The van der Waals surface area contributed by atoms with Gasteiger partial charge in [0.15, 0.2) is 0 Å². The van der Waals surface area contributed by atoms with Crippen LogP contribution in [0.2, 0.25) is 5.02 Å². The molecular weight excluding hydrogens is 284 g/mol. The number of benzene rings is 1. The predicted octanol–water partition coefficient (Wildman–Crippen LogP) is 2.07. The molecule has 0 saturated carbocycles. The molecule has 0 radical (unpaired) electrons. The van der Waals surface area contributed by atoms with E-state index in [-0.39, 0.29) is 0 Å². The molecule has 0 aliphatic carbocycles. The quantitative estimate of drug-likeness (QED) is 0.846. The number of sulfonamides is 1. The number of halogens is 1. The maximum absolute atomic E-state index is 11.2. The molecule has 19 heavy (non-hydrogen) atoms. The van der Waals surface area contributed by atoms with Crippen LogP contribution in [0.25, 0.3) is 0 Å². The van der Waals surface area contributed by atoms with Crippen molar-refractivity contribution in [2.45, 2.75) is 32.9 Å². The van der Waals surface area contributed by atoms with E-state index in [1.165, 1.54) is 0 Å². The summed E-state index contributed by atoms with van der Waals surface area (Å²) in [6, 6.07) is 5.85. The number of rotatable bonds is 6. The normalized spacial score (nSPS) is 12.7. The van der Waals surface area contributed by atoms with Crippen molar-refractivity contribution in [1.82, 2.24) is 10.0 Å². The Morgan fingerprint density at radius 2 is 1.95 bits per heavy atom. The largest absolute Gasteiger partial charge is 0.311 e. The van der Waals surface area contributed by atoms with Gasteiger partial charge >= 0.3 is 0 Å². The van der Waals surface area contributed by atoms with Crippen LogP contribution in [-0.2, 0) is 16.6 Å². The van der Waals surface area contributed by atoms with E-state index < -0.39 is 15.6 Å². The highest BCUT2D eigenvalue weighted by Gasteiger charge is 2.21. The SMILES string of the molecule is Cc1cc(CNCC(C)(C)NS(C)(=O)=O)ccc1Cl. The van der Waals surface area contributed by atoms with E-state index >= 15 is 0 Å². The lowest BCUT2D eigenvalue weighted by Gasteiger charge is -2.25. The summed E-state index contributed by atoms with van der Waals surface area (Å²) < 4.78 is 25.0. The van der Waals surface area contributed by atoms with Gasteiger partial charge in [0.1, 0.15) is 0 Å². The lowest BCUT2D eigenvalue weighted by Crippen LogP contribution is -2.49. The van der Waals surface area contributed by atoms with Gasteiger partial charge in [-0.25, -0.2) is 13.1 Å². The zero-order valence-corrected chi connectivity index (χ0v) is 13.3. The van der Waals surface area contributed by atoms with Gasteiger partial charge in [0.25, 0.3) is 0 Å². The average Bonchev–Trinajstić information content (AvgIpc) is 2.19. The molecule has 108 valence electrons. The van der Waals surface area contributed by atoms with Crippen molar-refractivity contribution in [2.75, 3.05) is 12.8 Å². The third kappa shape index (κ3) is 6.38. The number of aryl methyl sites for hydroxylation is 1. The summed E-state index contributed by atoms with van der Waals surface area (Å²) in [5.74, 6) is 0. The molecule has 0 spiro atoms. The van der Waals surface area contributed by atoms with Crippen LogP contribution in [0, 0.1) is 6.92 Å². The van der Waals surface area contributed by atoms with Gasteiger partial charge in [0, 0.05) is 23.7 Å². The van der Waals surface area contributed by atoms with E-state index in [2.05, 4.69) is 10.0 Å². The molecule has 0 aliphatic heterocycles. The van der Waals surface area contributed by atoms with Gasteiger partial charge in [0.2, 0.25) is 10.0 Å². The molecule has 1 rings (SSSR count). The van der Waals surface area contributed by atoms with Crippen molar-refractivity contribution in [3.63, 3.8) is 0 Å². The zero-order valence-electron chi connectivity index (χ0n) is 11.7. The molecule has 2 N–H and O–H groups in total. The van der Waals surface area contributed by atoms with Crippen molar-refractivity contribution < 1.29 is 8.42 Å². The molecule has 1 aromatic rings. The first-order valence-electron chi connectivity index (χ1n) is 6.04. The first-order valence-corrected chi connectivity index (χ1v) is 8.31. The van der Waals surface area contributed by atoms with Crippen molar-refractivity contribution in [2.24, 2.45) is 0 Å². The van der Waals surface area contributed by atoms with Crippen LogP contribution in [0.15, 0.2) is 18.2 Å². The van der Waals surface area contributed by atoms with E-state index in [9.17, 15) is 8.42 Å².